The van der Waals surface area contributed by atoms with Crippen LogP contribution in [0.25, 0.3) is 44.7 Å². The van der Waals surface area contributed by atoms with E-state index >= 15 is 4.39 Å². The Morgan fingerprint density at radius 3 is 1.95 bits per heavy atom. The fourth-order valence-corrected chi connectivity index (χ4v) is 8.42. The number of pyridine rings is 1. The number of H-pyrrole nitrogens is 2. The zero-order valence-electron chi connectivity index (χ0n) is 34.9. The number of nitrogens with zero attached hydrogens (tertiary/aromatic N) is 5. The molecule has 4 atom stereocenters. The third-order valence-electron chi connectivity index (χ3n) is 11.7. The van der Waals surface area contributed by atoms with Crippen molar-refractivity contribution in [2.24, 2.45) is 5.92 Å². The maximum Gasteiger partial charge on any atom is 0.407 e. The predicted octanol–water partition coefficient (Wildman–Crippen LogP) is 7.63. The van der Waals surface area contributed by atoms with Crippen LogP contribution >= 0.6 is 0 Å². The molecule has 8 rings (SSSR count). The van der Waals surface area contributed by atoms with Gasteiger partial charge in [-0.05, 0) is 67.5 Å². The van der Waals surface area contributed by atoms with Crippen molar-refractivity contribution in [2.75, 3.05) is 27.3 Å². The quantitative estimate of drug-likeness (QED) is 0.102. The average molecular weight is 842 g/mol. The van der Waals surface area contributed by atoms with Crippen molar-refractivity contribution in [1.82, 2.24) is 45.4 Å². The second-order valence-electron chi connectivity index (χ2n) is 15.9. The van der Waals surface area contributed by atoms with E-state index < -0.39 is 30.1 Å². The molecule has 2 fully saturated rings. The molecule has 0 saturated carbocycles. The number of alkyl carbamates (subject to hydrolysis) is 2. The van der Waals surface area contributed by atoms with Gasteiger partial charge in [-0.15, -0.1) is 0 Å². The van der Waals surface area contributed by atoms with Crippen LogP contribution in [0.15, 0.2) is 91.3 Å². The Hall–Kier alpha value is -7.10. The first-order valence-corrected chi connectivity index (χ1v) is 20.7. The molecule has 3 aromatic carbocycles. The number of likely N-dealkylation sites (tertiary alicyclic amines) is 2. The molecule has 0 radical (unpaired) electrons. The van der Waals surface area contributed by atoms with Gasteiger partial charge in [0.25, 0.3) is 5.91 Å². The number of rotatable bonds is 11. The Morgan fingerprint density at radius 2 is 1.34 bits per heavy atom. The maximum atomic E-state index is 15.9. The Bertz CT molecular complexity index is 2610. The Labute approximate surface area is 357 Å². The first kappa shape index (κ1) is 41.6. The van der Waals surface area contributed by atoms with Crippen molar-refractivity contribution in [1.29, 1.82) is 0 Å². The summed E-state index contributed by atoms with van der Waals surface area (Å²) in [4.78, 5) is 76.0. The summed E-state index contributed by atoms with van der Waals surface area (Å²) in [6.07, 6.45) is 5.00. The number of methoxy groups -OCH3 is 2. The number of carbonyl (C=O) groups is 4. The van der Waals surface area contributed by atoms with Crippen molar-refractivity contribution >= 4 is 34.9 Å². The minimum absolute atomic E-state index is 0.136. The lowest BCUT2D eigenvalue weighted by Crippen LogP contribution is -2.51. The second-order valence-corrected chi connectivity index (χ2v) is 15.9. The minimum atomic E-state index is -0.938. The first-order valence-electron chi connectivity index (χ1n) is 20.7. The first-order chi connectivity index (χ1) is 30.0. The second kappa shape index (κ2) is 17.9. The lowest BCUT2D eigenvalue weighted by Gasteiger charge is -2.30. The number of benzene rings is 3. The molecule has 0 spiro atoms. The molecule has 4 unspecified atom stereocenters. The molecule has 4 N–H and O–H groups in total. The smallest absolute Gasteiger partial charge is 0.407 e. The van der Waals surface area contributed by atoms with Gasteiger partial charge >= 0.3 is 12.2 Å². The summed E-state index contributed by atoms with van der Waals surface area (Å²) < 4.78 is 25.5. The van der Waals surface area contributed by atoms with Crippen molar-refractivity contribution in [2.45, 2.75) is 63.7 Å². The number of fused-ring (bicyclic) bond motifs is 1. The number of ether oxygens (including phenoxy) is 2. The molecular formula is C46H48FN9O6. The lowest BCUT2D eigenvalue weighted by molar-refractivity contribution is -0.135. The molecule has 0 bridgehead atoms. The van der Waals surface area contributed by atoms with E-state index in [1.807, 2.05) is 50.2 Å². The van der Waals surface area contributed by atoms with Gasteiger partial charge in [0.1, 0.15) is 29.5 Å². The molecule has 4 amide bonds. The molecule has 0 aliphatic carbocycles. The standard InChI is InChI=1S/C46H48FN9O6/c1-26(2)39(53-45(59)61-3)43(57)55-20-8-12-37(55)41-48-24-35(51-41)29-15-18-33-28(22-29)16-19-34(50-33)31-17-14-30(23-32(31)47)36-25-49-42(52-36)38-13-9-21-56(38)44(58)40(54-46(60)62-4)27-10-6-5-7-11-27/h5-7,10-11,14-19,22-26,37-40H,8-9,12-13,20-21H2,1-4H3,(H,48,51)(H,49,52)(H,53,59)(H,54,60). The number of imidazole rings is 2. The zero-order valence-corrected chi connectivity index (χ0v) is 34.9. The van der Waals surface area contributed by atoms with E-state index in [4.69, 9.17) is 14.5 Å². The van der Waals surface area contributed by atoms with Gasteiger partial charge in [-0.3, -0.25) is 9.59 Å². The number of carbonyl (C=O) groups excluding carboxylic acids is 4. The number of halogens is 1. The summed E-state index contributed by atoms with van der Waals surface area (Å²) in [6, 6.07) is 21.2. The topological polar surface area (TPSA) is 188 Å². The van der Waals surface area contributed by atoms with Crippen LogP contribution in [0.2, 0.25) is 0 Å². The molecular weight excluding hydrogens is 794 g/mol. The summed E-state index contributed by atoms with van der Waals surface area (Å²) >= 11 is 0. The number of aromatic nitrogens is 5. The predicted molar refractivity (Wildman–Crippen MR) is 229 cm³/mol. The Balaban J connectivity index is 0.961. The normalized spacial score (nSPS) is 17.3. The Morgan fingerprint density at radius 1 is 0.742 bits per heavy atom. The van der Waals surface area contributed by atoms with Gasteiger partial charge in [0.05, 0.1) is 61.3 Å². The molecule has 2 aliphatic rings. The fraction of sp³-hybridized carbons (Fsp3) is 0.326. The fourth-order valence-electron chi connectivity index (χ4n) is 8.42. The van der Waals surface area contributed by atoms with Crippen LogP contribution in [0.3, 0.4) is 0 Å². The maximum absolute atomic E-state index is 15.9. The van der Waals surface area contributed by atoms with Crippen molar-refractivity contribution in [3.05, 3.63) is 114 Å². The van der Waals surface area contributed by atoms with Gasteiger partial charge in [-0.25, -0.2) is 28.9 Å². The van der Waals surface area contributed by atoms with Crippen LogP contribution in [0.4, 0.5) is 14.0 Å². The van der Waals surface area contributed by atoms with Crippen LogP contribution in [-0.4, -0.2) is 92.1 Å². The number of aromatic amines is 2. The van der Waals surface area contributed by atoms with E-state index in [0.29, 0.717) is 64.8 Å². The summed E-state index contributed by atoms with van der Waals surface area (Å²) in [7, 11) is 2.53. The molecule has 16 heteroatoms. The number of nitrogens with one attached hydrogen (secondary N) is 4. The van der Waals surface area contributed by atoms with Crippen molar-refractivity contribution < 1.29 is 33.0 Å². The van der Waals surface area contributed by atoms with Crippen LogP contribution < -0.4 is 10.6 Å². The molecule has 62 heavy (non-hydrogen) atoms. The monoisotopic (exact) mass is 841 g/mol. The van der Waals surface area contributed by atoms with Gasteiger partial charge in [0.15, 0.2) is 0 Å². The van der Waals surface area contributed by atoms with Crippen LogP contribution in [0.1, 0.15) is 74.9 Å². The third kappa shape index (κ3) is 8.44. The van der Waals surface area contributed by atoms with Gasteiger partial charge in [0.2, 0.25) is 5.91 Å². The summed E-state index contributed by atoms with van der Waals surface area (Å²) in [6.45, 7) is 4.81. The number of hydrogen-bond acceptors (Lipinski definition) is 9. The molecule has 320 valence electrons. The molecule has 3 aromatic heterocycles. The average Bonchev–Trinajstić information content (AvgIpc) is 4.14. The molecule has 5 heterocycles. The summed E-state index contributed by atoms with van der Waals surface area (Å²) in [5.74, 6) is 0.200. The highest BCUT2D eigenvalue weighted by Gasteiger charge is 2.39. The van der Waals surface area contributed by atoms with Crippen LogP contribution in [-0.2, 0) is 19.1 Å². The highest BCUT2D eigenvalue weighted by molar-refractivity contribution is 5.88. The van der Waals surface area contributed by atoms with Gasteiger partial charge in [-0.2, -0.15) is 0 Å². The highest BCUT2D eigenvalue weighted by Crippen LogP contribution is 2.36. The van der Waals surface area contributed by atoms with E-state index in [0.717, 1.165) is 35.9 Å². The summed E-state index contributed by atoms with van der Waals surface area (Å²) in [5, 5.41) is 6.21. The van der Waals surface area contributed by atoms with Gasteiger partial charge < -0.3 is 39.9 Å². The summed E-state index contributed by atoms with van der Waals surface area (Å²) in [5.41, 5.74) is 4.98. The lowest BCUT2D eigenvalue weighted by atomic mass is 10.0. The molecule has 15 nitrogen and oxygen atoms in total. The van der Waals surface area contributed by atoms with Crippen molar-refractivity contribution in [3.8, 4) is 33.8 Å². The van der Waals surface area contributed by atoms with Crippen LogP contribution in [0.5, 0.6) is 0 Å². The zero-order chi connectivity index (χ0) is 43.5. The van der Waals surface area contributed by atoms with Gasteiger partial charge in [0, 0.05) is 35.2 Å². The SMILES string of the molecule is COC(=O)NC(C(=O)N1CCCC1c1ncc(-c2ccc(-c3ccc4cc(-c5cnc(C6CCCN6C(=O)C(NC(=O)OC)C(C)C)[nH]5)ccc4n3)c(F)c2)[nH]1)c1ccccc1. The van der Waals surface area contributed by atoms with E-state index in [9.17, 15) is 19.2 Å². The van der Waals surface area contributed by atoms with E-state index in [2.05, 4.69) is 30.6 Å². The highest BCUT2D eigenvalue weighted by atomic mass is 19.1. The van der Waals surface area contributed by atoms with Gasteiger partial charge in [-0.1, -0.05) is 62.4 Å². The Kier molecular flexibility index (Phi) is 12.0. The molecule has 6 aromatic rings. The van der Waals surface area contributed by atoms with Crippen LogP contribution in [0, 0.1) is 11.7 Å². The molecule has 2 saturated heterocycles. The third-order valence-corrected chi connectivity index (χ3v) is 11.7. The largest absolute Gasteiger partial charge is 0.453 e. The molecule has 2 aliphatic heterocycles. The number of amides is 4. The minimum Gasteiger partial charge on any atom is -0.453 e. The number of hydrogen-bond donors (Lipinski definition) is 4. The van der Waals surface area contributed by atoms with E-state index in [1.54, 1.807) is 58.6 Å². The van der Waals surface area contributed by atoms with E-state index in [-0.39, 0.29) is 29.8 Å². The van der Waals surface area contributed by atoms with E-state index in [1.165, 1.54) is 20.3 Å². The van der Waals surface area contributed by atoms with Crippen molar-refractivity contribution in [3.63, 3.8) is 0 Å².